The molecule has 6 nitrogen and oxygen atoms in total. The Labute approximate surface area is 162 Å². The Kier molecular flexibility index (Phi) is 6.76. The Morgan fingerprint density at radius 2 is 1.59 bits per heavy atom. The first-order valence-corrected chi connectivity index (χ1v) is 11.6. The lowest BCUT2D eigenvalue weighted by atomic mass is 9.81. The minimum atomic E-state index is -3.65. The van der Waals surface area contributed by atoms with Gasteiger partial charge in [-0.1, -0.05) is 49.6 Å². The molecule has 1 atom stereocenters. The third kappa shape index (κ3) is 5.45. The topological polar surface area (TPSA) is 101 Å². The number of carbonyl (C=O) groups is 1. The summed E-state index contributed by atoms with van der Waals surface area (Å²) >= 11 is 0. The fraction of sp³-hybridized carbons (Fsp3) is 0.650. The molecule has 2 aliphatic carbocycles. The average Bonchev–Trinajstić information content (AvgIpc) is 2.68. The van der Waals surface area contributed by atoms with Gasteiger partial charge in [0.1, 0.15) is 0 Å². The zero-order valence-electron chi connectivity index (χ0n) is 15.8. The normalized spacial score (nSPS) is 25.5. The van der Waals surface area contributed by atoms with Gasteiger partial charge in [-0.05, 0) is 50.0 Å². The zero-order valence-corrected chi connectivity index (χ0v) is 16.6. The molecule has 150 valence electrons. The van der Waals surface area contributed by atoms with Crippen molar-refractivity contribution in [3.63, 3.8) is 0 Å². The standard InChI is InChI=1S/C20H31N3O3S/c21-19(15-7-3-1-4-8-15)16-11-13-18(14-12-16)27(25,26)23-20(24)22-17-9-5-2-6-10-17/h1,3-4,7-8,16-19H,2,5-6,9-14,21H2,(H2,22,23,24). The number of benzene rings is 1. The molecular formula is C20H31N3O3S. The predicted molar refractivity (Wildman–Crippen MR) is 107 cm³/mol. The fourth-order valence-corrected chi connectivity index (χ4v) is 5.76. The molecule has 1 unspecified atom stereocenters. The van der Waals surface area contributed by atoms with Gasteiger partial charge in [0.2, 0.25) is 10.0 Å². The number of hydrogen-bond donors (Lipinski definition) is 3. The van der Waals surface area contributed by atoms with Crippen LogP contribution in [0.3, 0.4) is 0 Å². The van der Waals surface area contributed by atoms with E-state index in [1.807, 2.05) is 30.3 Å². The van der Waals surface area contributed by atoms with E-state index >= 15 is 0 Å². The predicted octanol–water partition coefficient (Wildman–Crippen LogP) is 3.21. The van der Waals surface area contributed by atoms with Gasteiger partial charge in [0.05, 0.1) is 5.25 Å². The minimum Gasteiger partial charge on any atom is -0.335 e. The van der Waals surface area contributed by atoms with Crippen molar-refractivity contribution in [3.8, 4) is 0 Å². The van der Waals surface area contributed by atoms with E-state index in [1.165, 1.54) is 6.42 Å². The van der Waals surface area contributed by atoms with Gasteiger partial charge in [-0.3, -0.25) is 0 Å². The van der Waals surface area contributed by atoms with E-state index in [9.17, 15) is 13.2 Å². The van der Waals surface area contributed by atoms with Gasteiger partial charge in [0.25, 0.3) is 0 Å². The van der Waals surface area contributed by atoms with Crippen LogP contribution in [0.2, 0.25) is 0 Å². The van der Waals surface area contributed by atoms with E-state index in [0.29, 0.717) is 12.8 Å². The van der Waals surface area contributed by atoms with Gasteiger partial charge in [-0.25, -0.2) is 17.9 Å². The molecule has 1 aromatic carbocycles. The first-order valence-electron chi connectivity index (χ1n) is 10.1. The Morgan fingerprint density at radius 3 is 2.22 bits per heavy atom. The molecule has 27 heavy (non-hydrogen) atoms. The number of nitrogens with two attached hydrogens (primary N) is 1. The Balaban J connectivity index is 1.49. The highest BCUT2D eigenvalue weighted by atomic mass is 32.2. The maximum absolute atomic E-state index is 12.6. The summed E-state index contributed by atoms with van der Waals surface area (Å²) in [5.41, 5.74) is 7.47. The summed E-state index contributed by atoms with van der Waals surface area (Å²) in [5.74, 6) is 0.273. The molecule has 4 N–H and O–H groups in total. The number of sulfonamides is 1. The van der Waals surface area contributed by atoms with Crippen molar-refractivity contribution >= 4 is 16.1 Å². The highest BCUT2D eigenvalue weighted by Crippen LogP contribution is 2.35. The summed E-state index contributed by atoms with van der Waals surface area (Å²) in [6, 6.07) is 9.38. The lowest BCUT2D eigenvalue weighted by Crippen LogP contribution is -2.48. The molecule has 2 aliphatic rings. The number of rotatable bonds is 5. The van der Waals surface area contributed by atoms with Crippen molar-refractivity contribution in [1.82, 2.24) is 10.0 Å². The average molecular weight is 394 g/mol. The highest BCUT2D eigenvalue weighted by molar-refractivity contribution is 7.90. The summed E-state index contributed by atoms with van der Waals surface area (Å²) in [5, 5.41) is 2.29. The highest BCUT2D eigenvalue weighted by Gasteiger charge is 2.34. The van der Waals surface area contributed by atoms with E-state index in [0.717, 1.165) is 44.1 Å². The Hall–Kier alpha value is -1.60. The second-order valence-electron chi connectivity index (χ2n) is 7.93. The Morgan fingerprint density at radius 1 is 0.963 bits per heavy atom. The molecule has 7 heteroatoms. The molecular weight excluding hydrogens is 362 g/mol. The third-order valence-electron chi connectivity index (χ3n) is 6.03. The van der Waals surface area contributed by atoms with Gasteiger partial charge >= 0.3 is 6.03 Å². The lowest BCUT2D eigenvalue weighted by molar-refractivity contribution is 0.237. The van der Waals surface area contributed by atoms with Crippen LogP contribution in [0.25, 0.3) is 0 Å². The monoisotopic (exact) mass is 393 g/mol. The molecule has 0 radical (unpaired) electrons. The number of carbonyl (C=O) groups excluding carboxylic acids is 1. The van der Waals surface area contributed by atoms with Crippen LogP contribution in [0.1, 0.15) is 69.4 Å². The van der Waals surface area contributed by atoms with E-state index in [-0.39, 0.29) is 18.0 Å². The van der Waals surface area contributed by atoms with Crippen LogP contribution in [0.5, 0.6) is 0 Å². The number of hydrogen-bond acceptors (Lipinski definition) is 4. The second-order valence-corrected chi connectivity index (χ2v) is 9.89. The van der Waals surface area contributed by atoms with E-state index < -0.39 is 21.3 Å². The summed E-state index contributed by atoms with van der Waals surface area (Å²) in [6.07, 6.45) is 7.80. The second kappa shape index (κ2) is 9.06. The summed E-state index contributed by atoms with van der Waals surface area (Å²) in [4.78, 5) is 12.1. The van der Waals surface area contributed by atoms with Crippen molar-refractivity contribution in [2.45, 2.75) is 75.1 Å². The molecule has 0 saturated heterocycles. The van der Waals surface area contributed by atoms with Gasteiger partial charge in [-0.15, -0.1) is 0 Å². The molecule has 2 saturated carbocycles. The largest absolute Gasteiger partial charge is 0.335 e. The third-order valence-corrected chi connectivity index (χ3v) is 7.84. The minimum absolute atomic E-state index is 0.0718. The molecule has 0 aromatic heterocycles. The summed E-state index contributed by atoms with van der Waals surface area (Å²) in [7, 11) is -3.65. The zero-order chi connectivity index (χ0) is 19.3. The van der Waals surface area contributed by atoms with Crippen LogP contribution in [0.15, 0.2) is 30.3 Å². The van der Waals surface area contributed by atoms with Gasteiger partial charge in [0, 0.05) is 12.1 Å². The molecule has 0 aliphatic heterocycles. The fourth-order valence-electron chi connectivity index (χ4n) is 4.38. The molecule has 0 heterocycles. The van der Waals surface area contributed by atoms with Crippen molar-refractivity contribution < 1.29 is 13.2 Å². The smallest absolute Gasteiger partial charge is 0.328 e. The van der Waals surface area contributed by atoms with Crippen LogP contribution in [0.4, 0.5) is 4.79 Å². The SMILES string of the molecule is NC(c1ccccc1)C1CCC(S(=O)(=O)NC(=O)NC2CCCCC2)CC1. The maximum atomic E-state index is 12.6. The van der Waals surface area contributed by atoms with Crippen molar-refractivity contribution in [1.29, 1.82) is 0 Å². The van der Waals surface area contributed by atoms with Crippen LogP contribution < -0.4 is 15.8 Å². The van der Waals surface area contributed by atoms with Crippen molar-refractivity contribution in [3.05, 3.63) is 35.9 Å². The van der Waals surface area contributed by atoms with E-state index in [2.05, 4.69) is 10.0 Å². The molecule has 0 bridgehead atoms. The number of urea groups is 1. The molecule has 1 aromatic rings. The summed E-state index contributed by atoms with van der Waals surface area (Å²) in [6.45, 7) is 0. The molecule has 2 fully saturated rings. The van der Waals surface area contributed by atoms with Crippen LogP contribution in [-0.4, -0.2) is 25.7 Å². The number of amides is 2. The van der Waals surface area contributed by atoms with Gasteiger partial charge in [0.15, 0.2) is 0 Å². The molecule has 3 rings (SSSR count). The summed E-state index contributed by atoms with van der Waals surface area (Å²) < 4.78 is 27.4. The van der Waals surface area contributed by atoms with E-state index in [4.69, 9.17) is 5.73 Å². The van der Waals surface area contributed by atoms with Gasteiger partial charge in [-0.2, -0.15) is 0 Å². The van der Waals surface area contributed by atoms with E-state index in [1.54, 1.807) is 0 Å². The van der Waals surface area contributed by atoms with Crippen molar-refractivity contribution in [2.75, 3.05) is 0 Å². The van der Waals surface area contributed by atoms with Crippen molar-refractivity contribution in [2.24, 2.45) is 11.7 Å². The molecule has 0 spiro atoms. The van der Waals surface area contributed by atoms with Crippen LogP contribution in [-0.2, 0) is 10.0 Å². The number of nitrogens with one attached hydrogen (secondary N) is 2. The van der Waals surface area contributed by atoms with Crippen LogP contribution in [0, 0.1) is 5.92 Å². The molecule has 2 amide bonds. The first-order chi connectivity index (χ1) is 13.0. The van der Waals surface area contributed by atoms with Gasteiger partial charge < -0.3 is 11.1 Å². The first kappa shape index (κ1) is 20.1. The Bertz CT molecular complexity index is 709. The maximum Gasteiger partial charge on any atom is 0.328 e. The lowest BCUT2D eigenvalue weighted by Gasteiger charge is -2.32. The van der Waals surface area contributed by atoms with Crippen LogP contribution >= 0.6 is 0 Å². The quantitative estimate of drug-likeness (QED) is 0.715.